The van der Waals surface area contributed by atoms with Crippen molar-refractivity contribution in [3.05, 3.63) is 50.6 Å². The van der Waals surface area contributed by atoms with Crippen molar-refractivity contribution in [3.63, 3.8) is 0 Å². The molecule has 0 fully saturated rings. The molecule has 2 aromatic rings. The number of thiophene rings is 1. The first-order chi connectivity index (χ1) is 10.1. The summed E-state index contributed by atoms with van der Waals surface area (Å²) in [7, 11) is 0. The van der Waals surface area contributed by atoms with Crippen LogP contribution in [0, 0.1) is 0 Å². The summed E-state index contributed by atoms with van der Waals surface area (Å²) < 4.78 is 4.90. The fraction of sp³-hybridized carbons (Fsp3) is 0.143. The zero-order valence-corrected chi connectivity index (χ0v) is 13.1. The molecule has 1 N–H and O–H groups in total. The molecule has 0 spiro atoms. The van der Waals surface area contributed by atoms with Gasteiger partial charge in [0.05, 0.1) is 22.2 Å². The number of hydrogen-bond acceptors (Lipinski definition) is 4. The van der Waals surface area contributed by atoms with Crippen LogP contribution in [0.4, 0.5) is 5.69 Å². The Hall–Kier alpha value is -1.56. The van der Waals surface area contributed by atoms with Gasteiger partial charge in [0.25, 0.3) is 5.91 Å². The summed E-state index contributed by atoms with van der Waals surface area (Å²) >= 11 is 13.3. The van der Waals surface area contributed by atoms with Crippen molar-refractivity contribution in [2.75, 3.05) is 11.9 Å². The van der Waals surface area contributed by atoms with E-state index in [9.17, 15) is 9.59 Å². The third-order valence-electron chi connectivity index (χ3n) is 2.49. The largest absolute Gasteiger partial charge is 0.455 e. The second-order valence-corrected chi connectivity index (χ2v) is 5.91. The molecule has 4 nitrogen and oxygen atoms in total. The lowest BCUT2D eigenvalue weighted by atomic mass is 10.3. The highest BCUT2D eigenvalue weighted by atomic mass is 35.5. The van der Waals surface area contributed by atoms with Crippen LogP contribution in [0.1, 0.15) is 4.88 Å². The molecule has 1 aromatic heterocycles. The number of halogens is 2. The van der Waals surface area contributed by atoms with E-state index in [1.54, 1.807) is 18.2 Å². The van der Waals surface area contributed by atoms with Crippen molar-refractivity contribution in [3.8, 4) is 0 Å². The molecular formula is C14H11Cl2NO3S. The highest BCUT2D eigenvalue weighted by molar-refractivity contribution is 7.10. The van der Waals surface area contributed by atoms with Gasteiger partial charge in [-0.25, -0.2) is 0 Å². The summed E-state index contributed by atoms with van der Waals surface area (Å²) in [6.07, 6.45) is 0.151. The van der Waals surface area contributed by atoms with Gasteiger partial charge >= 0.3 is 5.97 Å². The van der Waals surface area contributed by atoms with Crippen molar-refractivity contribution < 1.29 is 14.3 Å². The van der Waals surface area contributed by atoms with Gasteiger partial charge in [-0.2, -0.15) is 0 Å². The van der Waals surface area contributed by atoms with E-state index in [-0.39, 0.29) is 13.0 Å². The van der Waals surface area contributed by atoms with Crippen molar-refractivity contribution in [1.29, 1.82) is 0 Å². The lowest BCUT2D eigenvalue weighted by Crippen LogP contribution is -2.21. The maximum atomic E-state index is 11.7. The Kier molecular flexibility index (Phi) is 5.61. The van der Waals surface area contributed by atoms with E-state index < -0.39 is 11.9 Å². The van der Waals surface area contributed by atoms with Gasteiger partial charge in [0, 0.05) is 4.88 Å². The standard InChI is InChI=1S/C14H11Cl2NO3S/c15-10-4-1-5-11(16)14(10)17-12(18)8-20-13(19)7-9-3-2-6-21-9/h1-6H,7-8H2,(H,17,18). The third-order valence-corrected chi connectivity index (χ3v) is 4.00. The van der Waals surface area contributed by atoms with Gasteiger partial charge in [0.15, 0.2) is 6.61 Å². The van der Waals surface area contributed by atoms with Gasteiger partial charge in [-0.15, -0.1) is 11.3 Å². The number of rotatable bonds is 5. The maximum Gasteiger partial charge on any atom is 0.311 e. The number of hydrogen-bond donors (Lipinski definition) is 1. The quantitative estimate of drug-likeness (QED) is 0.840. The Morgan fingerprint density at radius 3 is 2.48 bits per heavy atom. The number of benzene rings is 1. The number of anilines is 1. The van der Waals surface area contributed by atoms with Crippen LogP contribution in [-0.4, -0.2) is 18.5 Å². The molecule has 0 aliphatic heterocycles. The van der Waals surface area contributed by atoms with Crippen LogP contribution in [0.15, 0.2) is 35.7 Å². The van der Waals surface area contributed by atoms with Crippen molar-refractivity contribution in [1.82, 2.24) is 0 Å². The van der Waals surface area contributed by atoms with Crippen molar-refractivity contribution >= 4 is 52.1 Å². The van der Waals surface area contributed by atoms with Crippen LogP contribution in [0.25, 0.3) is 0 Å². The minimum Gasteiger partial charge on any atom is -0.455 e. The van der Waals surface area contributed by atoms with E-state index >= 15 is 0 Å². The van der Waals surface area contributed by atoms with E-state index in [1.807, 2.05) is 17.5 Å². The molecule has 1 amide bonds. The molecule has 0 saturated heterocycles. The Morgan fingerprint density at radius 1 is 1.14 bits per heavy atom. The number of carbonyl (C=O) groups excluding carboxylic acids is 2. The molecule has 0 radical (unpaired) electrons. The topological polar surface area (TPSA) is 55.4 Å². The van der Waals surface area contributed by atoms with Gasteiger partial charge in [-0.05, 0) is 23.6 Å². The first kappa shape index (κ1) is 15.8. The third kappa shape index (κ3) is 4.74. The Labute approximate surface area is 135 Å². The van der Waals surface area contributed by atoms with Crippen molar-refractivity contribution in [2.45, 2.75) is 6.42 Å². The van der Waals surface area contributed by atoms with Crippen LogP contribution in [0.2, 0.25) is 10.0 Å². The predicted octanol–water partition coefficient (Wildman–Crippen LogP) is 3.78. The molecule has 7 heteroatoms. The minimum atomic E-state index is -0.496. The first-order valence-electron chi connectivity index (χ1n) is 5.98. The molecule has 1 heterocycles. The average Bonchev–Trinajstić information content (AvgIpc) is 2.94. The van der Waals surface area contributed by atoms with Crippen LogP contribution < -0.4 is 5.32 Å². The molecule has 0 unspecified atom stereocenters. The van der Waals surface area contributed by atoms with E-state index in [2.05, 4.69) is 5.32 Å². The van der Waals surface area contributed by atoms with Gasteiger partial charge in [-0.3, -0.25) is 9.59 Å². The van der Waals surface area contributed by atoms with Gasteiger partial charge in [0.1, 0.15) is 0 Å². The summed E-state index contributed by atoms with van der Waals surface area (Å²) in [4.78, 5) is 24.2. The molecule has 0 bridgehead atoms. The summed E-state index contributed by atoms with van der Waals surface area (Å²) in [6, 6.07) is 8.55. The lowest BCUT2D eigenvalue weighted by molar-refractivity contribution is -0.146. The number of carbonyl (C=O) groups is 2. The molecule has 0 aliphatic rings. The van der Waals surface area contributed by atoms with Crippen molar-refractivity contribution in [2.24, 2.45) is 0 Å². The van der Waals surface area contributed by atoms with E-state index in [0.717, 1.165) is 4.88 Å². The number of amides is 1. The number of nitrogens with one attached hydrogen (secondary N) is 1. The summed E-state index contributed by atoms with van der Waals surface area (Å²) in [5.41, 5.74) is 0.306. The maximum absolute atomic E-state index is 11.7. The molecule has 1 aromatic carbocycles. The highest BCUT2D eigenvalue weighted by Gasteiger charge is 2.12. The Morgan fingerprint density at radius 2 is 1.86 bits per heavy atom. The monoisotopic (exact) mass is 343 g/mol. The zero-order valence-electron chi connectivity index (χ0n) is 10.8. The van der Waals surface area contributed by atoms with Gasteiger partial charge in [0.2, 0.25) is 0 Å². The lowest BCUT2D eigenvalue weighted by Gasteiger charge is -2.09. The minimum absolute atomic E-state index is 0.151. The normalized spacial score (nSPS) is 10.2. The average molecular weight is 344 g/mol. The molecule has 0 saturated carbocycles. The number of ether oxygens (including phenoxy) is 1. The fourth-order valence-electron chi connectivity index (χ4n) is 1.55. The molecule has 2 rings (SSSR count). The van der Waals surface area contributed by atoms with Gasteiger partial charge in [-0.1, -0.05) is 35.3 Å². The summed E-state index contributed by atoms with van der Waals surface area (Å²) in [5.74, 6) is -0.956. The SMILES string of the molecule is O=C(COC(=O)Cc1cccs1)Nc1c(Cl)cccc1Cl. The van der Waals surface area contributed by atoms with Crippen LogP contribution in [0.3, 0.4) is 0 Å². The van der Waals surface area contributed by atoms with Crippen LogP contribution >= 0.6 is 34.5 Å². The fourth-order valence-corrected chi connectivity index (χ4v) is 2.73. The first-order valence-corrected chi connectivity index (χ1v) is 7.61. The van der Waals surface area contributed by atoms with E-state index in [1.165, 1.54) is 11.3 Å². The second-order valence-electron chi connectivity index (χ2n) is 4.06. The van der Waals surface area contributed by atoms with E-state index in [4.69, 9.17) is 27.9 Å². The molecule has 0 atom stereocenters. The Balaban J connectivity index is 1.83. The predicted molar refractivity (Wildman–Crippen MR) is 84.1 cm³/mol. The highest BCUT2D eigenvalue weighted by Crippen LogP contribution is 2.29. The van der Waals surface area contributed by atoms with E-state index in [0.29, 0.717) is 15.7 Å². The molecule has 0 aliphatic carbocycles. The van der Waals surface area contributed by atoms with Crippen LogP contribution in [-0.2, 0) is 20.7 Å². The molecular weight excluding hydrogens is 333 g/mol. The summed E-state index contributed by atoms with van der Waals surface area (Å²) in [6.45, 7) is -0.383. The molecule has 110 valence electrons. The second kappa shape index (κ2) is 7.45. The zero-order chi connectivity index (χ0) is 15.2. The number of esters is 1. The summed E-state index contributed by atoms with van der Waals surface area (Å²) in [5, 5.41) is 5.03. The molecule has 21 heavy (non-hydrogen) atoms. The Bertz CT molecular complexity index is 623. The van der Waals surface area contributed by atoms with Gasteiger partial charge < -0.3 is 10.1 Å². The number of para-hydroxylation sites is 1. The van der Waals surface area contributed by atoms with Crippen LogP contribution in [0.5, 0.6) is 0 Å². The smallest absolute Gasteiger partial charge is 0.311 e.